The van der Waals surface area contributed by atoms with Crippen molar-refractivity contribution < 1.29 is 9.53 Å². The smallest absolute Gasteiger partial charge is 0.271 e. The van der Waals surface area contributed by atoms with Crippen LogP contribution in [0.5, 0.6) is 0 Å². The first kappa shape index (κ1) is 20.1. The van der Waals surface area contributed by atoms with Gasteiger partial charge in [-0.15, -0.1) is 0 Å². The lowest BCUT2D eigenvalue weighted by molar-refractivity contribution is 0.0203. The number of imidazole rings is 1. The second-order valence-electron chi connectivity index (χ2n) is 7.41. The summed E-state index contributed by atoms with van der Waals surface area (Å²) < 4.78 is 7.51. The van der Waals surface area contributed by atoms with Crippen molar-refractivity contribution >= 4 is 23.2 Å². The number of aromatic nitrogens is 3. The number of amides is 1. The first-order valence-corrected chi connectivity index (χ1v) is 10.4. The van der Waals surface area contributed by atoms with Crippen molar-refractivity contribution in [2.45, 2.75) is 77.4 Å². The maximum absolute atomic E-state index is 12.7. The van der Waals surface area contributed by atoms with Crippen LogP contribution in [-0.4, -0.2) is 39.3 Å². The zero-order chi connectivity index (χ0) is 19.2. The zero-order valence-electron chi connectivity index (χ0n) is 16.2. The third kappa shape index (κ3) is 5.20. The molecule has 1 aliphatic carbocycles. The van der Waals surface area contributed by atoms with Gasteiger partial charge in [-0.05, 0) is 50.7 Å². The summed E-state index contributed by atoms with van der Waals surface area (Å²) in [6.07, 6.45) is 10.7. The Kier molecular flexibility index (Phi) is 7.07. The molecule has 1 aliphatic rings. The Bertz CT molecular complexity index is 769. The van der Waals surface area contributed by atoms with E-state index in [0.717, 1.165) is 44.3 Å². The quantitative estimate of drug-likeness (QED) is 0.679. The molecule has 0 bridgehead atoms. The van der Waals surface area contributed by atoms with Crippen molar-refractivity contribution in [2.75, 3.05) is 6.61 Å². The first-order valence-electron chi connectivity index (χ1n) is 10.0. The van der Waals surface area contributed by atoms with Gasteiger partial charge in [-0.2, -0.15) is 5.10 Å². The molecular weight excluding hydrogens is 364 g/mol. The van der Waals surface area contributed by atoms with E-state index in [-0.39, 0.29) is 11.9 Å². The fourth-order valence-corrected chi connectivity index (χ4v) is 3.89. The highest BCUT2D eigenvalue weighted by Crippen LogP contribution is 2.22. The van der Waals surface area contributed by atoms with Gasteiger partial charge in [-0.3, -0.25) is 4.79 Å². The molecule has 27 heavy (non-hydrogen) atoms. The second kappa shape index (κ2) is 9.51. The van der Waals surface area contributed by atoms with Gasteiger partial charge in [0.05, 0.1) is 12.3 Å². The monoisotopic (exact) mass is 392 g/mol. The molecule has 0 spiro atoms. The van der Waals surface area contributed by atoms with Crippen molar-refractivity contribution in [3.8, 4) is 0 Å². The number of aryl methyl sites for hydroxylation is 1. The minimum Gasteiger partial charge on any atom is -0.378 e. The van der Waals surface area contributed by atoms with Crippen LogP contribution < -0.4 is 5.32 Å². The fraction of sp³-hybridized carbons (Fsp3) is 0.650. The molecule has 148 valence electrons. The summed E-state index contributed by atoms with van der Waals surface area (Å²) in [5, 5.41) is 7.69. The third-order valence-corrected chi connectivity index (χ3v) is 5.40. The largest absolute Gasteiger partial charge is 0.378 e. The Balaban J connectivity index is 1.49. The molecule has 1 N–H and O–H groups in total. The van der Waals surface area contributed by atoms with Gasteiger partial charge in [0.1, 0.15) is 5.15 Å². The topological polar surface area (TPSA) is 68.5 Å². The Morgan fingerprint density at radius 3 is 2.81 bits per heavy atom. The van der Waals surface area contributed by atoms with Crippen molar-refractivity contribution in [3.05, 3.63) is 28.7 Å². The van der Waals surface area contributed by atoms with E-state index in [2.05, 4.69) is 22.3 Å². The Hall–Kier alpha value is -1.66. The van der Waals surface area contributed by atoms with Gasteiger partial charge in [0.15, 0.2) is 11.3 Å². The molecule has 0 aliphatic heterocycles. The minimum absolute atomic E-state index is 0.152. The maximum Gasteiger partial charge on any atom is 0.271 e. The molecule has 1 amide bonds. The van der Waals surface area contributed by atoms with Crippen molar-refractivity contribution in [1.82, 2.24) is 19.9 Å². The molecular formula is C20H29ClN4O2. The number of rotatable bonds is 8. The molecule has 3 rings (SSSR count). The molecule has 0 saturated heterocycles. The Labute approximate surface area is 165 Å². The van der Waals surface area contributed by atoms with Gasteiger partial charge in [-0.1, -0.05) is 37.8 Å². The molecule has 0 radical (unpaired) electrons. The second-order valence-corrected chi connectivity index (χ2v) is 7.79. The number of fused-ring (bicyclic) bond motifs is 1. The van der Waals surface area contributed by atoms with E-state index in [0.29, 0.717) is 22.6 Å². The third-order valence-electron chi connectivity index (χ3n) is 5.22. The number of unbranched alkanes of at least 4 members (excludes halogenated alkanes) is 3. The highest BCUT2D eigenvalue weighted by Gasteiger charge is 2.24. The number of carbonyl (C=O) groups excluding carboxylic acids is 1. The van der Waals surface area contributed by atoms with Crippen LogP contribution in [0.25, 0.3) is 5.65 Å². The molecule has 0 atom stereocenters. The lowest BCUT2D eigenvalue weighted by atomic mass is 9.93. The van der Waals surface area contributed by atoms with Crippen LogP contribution in [0.4, 0.5) is 0 Å². The average Bonchev–Trinajstić information content (AvgIpc) is 3.07. The molecule has 6 nitrogen and oxygen atoms in total. The van der Waals surface area contributed by atoms with Crippen LogP contribution in [-0.2, 0) is 4.74 Å². The van der Waals surface area contributed by atoms with E-state index >= 15 is 0 Å². The van der Waals surface area contributed by atoms with Crippen molar-refractivity contribution in [2.24, 2.45) is 0 Å². The van der Waals surface area contributed by atoms with E-state index in [9.17, 15) is 4.79 Å². The van der Waals surface area contributed by atoms with Gasteiger partial charge >= 0.3 is 0 Å². The van der Waals surface area contributed by atoms with Gasteiger partial charge in [-0.25, -0.2) is 9.50 Å². The predicted molar refractivity (Wildman–Crippen MR) is 106 cm³/mol. The first-order chi connectivity index (χ1) is 13.1. The number of nitrogens with zero attached hydrogens (tertiary/aromatic N) is 3. The highest BCUT2D eigenvalue weighted by molar-refractivity contribution is 6.29. The van der Waals surface area contributed by atoms with E-state index in [1.807, 2.05) is 6.92 Å². The molecule has 2 aromatic rings. The van der Waals surface area contributed by atoms with Crippen molar-refractivity contribution in [3.63, 3.8) is 0 Å². The number of nitrogens with one attached hydrogen (secondary N) is 1. The molecule has 0 unspecified atom stereocenters. The Morgan fingerprint density at radius 1 is 1.30 bits per heavy atom. The van der Waals surface area contributed by atoms with Gasteiger partial charge in [0.25, 0.3) is 5.91 Å². The lowest BCUT2D eigenvalue weighted by Gasteiger charge is -2.29. The van der Waals surface area contributed by atoms with E-state index in [4.69, 9.17) is 16.3 Å². The molecule has 2 heterocycles. The predicted octanol–water partition coefficient (Wildman–Crippen LogP) is 4.33. The van der Waals surface area contributed by atoms with E-state index in [1.54, 1.807) is 12.3 Å². The van der Waals surface area contributed by atoms with Crippen LogP contribution in [0, 0.1) is 6.92 Å². The summed E-state index contributed by atoms with van der Waals surface area (Å²) in [5.41, 5.74) is 1.97. The summed E-state index contributed by atoms with van der Waals surface area (Å²) in [4.78, 5) is 17.0. The SMILES string of the molecule is CCCCCCO[C@H]1CC[C@H](NC(=O)c2cnc3c(C)cc(Cl)nn23)CC1. The van der Waals surface area contributed by atoms with Crippen LogP contribution in [0.1, 0.15) is 74.3 Å². The molecule has 1 saturated carbocycles. The molecule has 1 fully saturated rings. The number of hydrogen-bond donors (Lipinski definition) is 1. The van der Waals surface area contributed by atoms with Gasteiger partial charge in [0.2, 0.25) is 0 Å². The van der Waals surface area contributed by atoms with Crippen LogP contribution in [0.15, 0.2) is 12.3 Å². The number of hydrogen-bond acceptors (Lipinski definition) is 4. The average molecular weight is 393 g/mol. The number of ether oxygens (including phenoxy) is 1. The summed E-state index contributed by atoms with van der Waals surface area (Å²) in [5.74, 6) is -0.152. The fourth-order valence-electron chi connectivity index (χ4n) is 3.65. The van der Waals surface area contributed by atoms with Crippen LogP contribution in [0.2, 0.25) is 5.15 Å². The lowest BCUT2D eigenvalue weighted by Crippen LogP contribution is -2.39. The zero-order valence-corrected chi connectivity index (χ0v) is 17.0. The molecule has 2 aromatic heterocycles. The number of carbonyl (C=O) groups is 1. The van der Waals surface area contributed by atoms with E-state index < -0.39 is 0 Å². The van der Waals surface area contributed by atoms with Crippen LogP contribution in [0.3, 0.4) is 0 Å². The van der Waals surface area contributed by atoms with E-state index in [1.165, 1.54) is 23.8 Å². The molecule has 0 aromatic carbocycles. The van der Waals surface area contributed by atoms with Gasteiger partial charge in [0, 0.05) is 12.6 Å². The van der Waals surface area contributed by atoms with Crippen LogP contribution >= 0.6 is 11.6 Å². The summed E-state index contributed by atoms with van der Waals surface area (Å²) in [7, 11) is 0. The molecule has 7 heteroatoms. The summed E-state index contributed by atoms with van der Waals surface area (Å²) >= 11 is 6.03. The summed E-state index contributed by atoms with van der Waals surface area (Å²) in [6.45, 7) is 4.98. The number of halogens is 1. The Morgan fingerprint density at radius 2 is 2.07 bits per heavy atom. The van der Waals surface area contributed by atoms with Crippen molar-refractivity contribution in [1.29, 1.82) is 0 Å². The minimum atomic E-state index is -0.152. The standard InChI is InChI=1S/C20H29ClN4O2/c1-3-4-5-6-11-27-16-9-7-15(8-10-16)23-20(26)17-13-22-19-14(2)12-18(21)24-25(17)19/h12-13,15-16H,3-11H2,1-2H3,(H,23,26)/t15-,16-. The normalized spacial score (nSPS) is 20.1. The maximum atomic E-state index is 12.7. The highest BCUT2D eigenvalue weighted by atomic mass is 35.5. The van der Waals surface area contributed by atoms with Gasteiger partial charge < -0.3 is 10.1 Å². The summed E-state index contributed by atoms with van der Waals surface area (Å²) in [6, 6.07) is 1.91.